The Hall–Kier alpha value is -1.55. The SMILES string of the molecule is Cc1cnc(Oc2cccc(Br)c2)c(N)c1. The number of nitrogens with two attached hydrogens (primary N) is 1. The standard InChI is InChI=1S/C12H11BrN2O/c1-8-5-11(14)12(15-7-8)16-10-4-2-3-9(13)6-10/h2-7H,14H2,1H3. The van der Waals surface area contributed by atoms with Crippen molar-refractivity contribution in [3.63, 3.8) is 0 Å². The highest BCUT2D eigenvalue weighted by Gasteiger charge is 2.04. The lowest BCUT2D eigenvalue weighted by Gasteiger charge is -2.07. The van der Waals surface area contributed by atoms with Crippen LogP contribution in [0.25, 0.3) is 0 Å². The molecule has 0 aliphatic carbocycles. The number of pyridine rings is 1. The first-order valence-electron chi connectivity index (χ1n) is 4.81. The van der Waals surface area contributed by atoms with Gasteiger partial charge in [0.15, 0.2) is 0 Å². The largest absolute Gasteiger partial charge is 0.437 e. The summed E-state index contributed by atoms with van der Waals surface area (Å²) in [5.74, 6) is 1.14. The predicted molar refractivity (Wildman–Crippen MR) is 67.6 cm³/mol. The molecule has 82 valence electrons. The third kappa shape index (κ3) is 2.52. The summed E-state index contributed by atoms with van der Waals surface area (Å²) < 4.78 is 6.53. The van der Waals surface area contributed by atoms with Gasteiger partial charge in [-0.05, 0) is 36.8 Å². The highest BCUT2D eigenvalue weighted by atomic mass is 79.9. The molecule has 1 heterocycles. The van der Waals surface area contributed by atoms with Crippen LogP contribution in [0.3, 0.4) is 0 Å². The second kappa shape index (κ2) is 4.53. The quantitative estimate of drug-likeness (QED) is 0.914. The van der Waals surface area contributed by atoms with E-state index in [0.717, 1.165) is 10.0 Å². The Bertz CT molecular complexity index is 514. The molecule has 2 N–H and O–H groups in total. The first kappa shape index (κ1) is 11.0. The van der Waals surface area contributed by atoms with E-state index in [4.69, 9.17) is 10.5 Å². The highest BCUT2D eigenvalue weighted by Crippen LogP contribution is 2.27. The van der Waals surface area contributed by atoms with Crippen LogP contribution >= 0.6 is 15.9 Å². The molecule has 4 heteroatoms. The molecule has 0 saturated carbocycles. The molecular formula is C12H11BrN2O. The first-order valence-corrected chi connectivity index (χ1v) is 5.60. The third-order valence-corrected chi connectivity index (χ3v) is 2.52. The Morgan fingerprint density at radius 1 is 1.31 bits per heavy atom. The van der Waals surface area contributed by atoms with Crippen LogP contribution in [0.2, 0.25) is 0 Å². The summed E-state index contributed by atoms with van der Waals surface area (Å²) in [7, 11) is 0. The van der Waals surface area contributed by atoms with Gasteiger partial charge in [0.1, 0.15) is 5.75 Å². The van der Waals surface area contributed by atoms with Crippen molar-refractivity contribution < 1.29 is 4.74 Å². The molecule has 0 unspecified atom stereocenters. The summed E-state index contributed by atoms with van der Waals surface area (Å²) in [4.78, 5) is 4.14. The van der Waals surface area contributed by atoms with Crippen LogP contribution < -0.4 is 10.5 Å². The Labute approximate surface area is 102 Å². The Morgan fingerprint density at radius 2 is 2.12 bits per heavy atom. The molecule has 0 bridgehead atoms. The van der Waals surface area contributed by atoms with Crippen molar-refractivity contribution in [1.29, 1.82) is 0 Å². The fourth-order valence-electron chi connectivity index (χ4n) is 1.31. The zero-order valence-electron chi connectivity index (χ0n) is 8.77. The van der Waals surface area contributed by atoms with E-state index in [1.807, 2.05) is 37.3 Å². The van der Waals surface area contributed by atoms with Gasteiger partial charge in [-0.1, -0.05) is 22.0 Å². The number of hydrogen-bond acceptors (Lipinski definition) is 3. The summed E-state index contributed by atoms with van der Waals surface area (Å²) in [6.45, 7) is 1.94. The molecular weight excluding hydrogens is 268 g/mol. The molecule has 0 fully saturated rings. The van der Waals surface area contributed by atoms with Crippen molar-refractivity contribution in [2.75, 3.05) is 5.73 Å². The monoisotopic (exact) mass is 278 g/mol. The Kier molecular flexibility index (Phi) is 3.10. The van der Waals surface area contributed by atoms with Crippen LogP contribution in [0.5, 0.6) is 11.6 Å². The van der Waals surface area contributed by atoms with Gasteiger partial charge in [-0.3, -0.25) is 0 Å². The number of aromatic nitrogens is 1. The number of ether oxygens (including phenoxy) is 1. The average Bonchev–Trinajstić information content (AvgIpc) is 2.22. The van der Waals surface area contributed by atoms with E-state index < -0.39 is 0 Å². The number of aryl methyl sites for hydroxylation is 1. The van der Waals surface area contributed by atoms with Crippen LogP contribution in [0.4, 0.5) is 5.69 Å². The number of nitrogens with zero attached hydrogens (tertiary/aromatic N) is 1. The van der Waals surface area contributed by atoms with Gasteiger partial charge in [0, 0.05) is 10.7 Å². The molecule has 0 atom stereocenters. The summed E-state index contributed by atoms with van der Waals surface area (Å²) in [5, 5.41) is 0. The molecule has 2 aromatic rings. The number of anilines is 1. The van der Waals surface area contributed by atoms with Gasteiger partial charge in [0.2, 0.25) is 5.88 Å². The van der Waals surface area contributed by atoms with E-state index in [2.05, 4.69) is 20.9 Å². The molecule has 3 nitrogen and oxygen atoms in total. The minimum Gasteiger partial charge on any atom is -0.437 e. The van der Waals surface area contributed by atoms with E-state index in [9.17, 15) is 0 Å². The minimum absolute atomic E-state index is 0.434. The topological polar surface area (TPSA) is 48.1 Å². The second-order valence-electron chi connectivity index (χ2n) is 3.47. The summed E-state index contributed by atoms with van der Waals surface area (Å²) in [6.07, 6.45) is 1.73. The smallest absolute Gasteiger partial charge is 0.242 e. The highest BCUT2D eigenvalue weighted by molar-refractivity contribution is 9.10. The van der Waals surface area contributed by atoms with Gasteiger partial charge in [-0.2, -0.15) is 0 Å². The lowest BCUT2D eigenvalue weighted by Crippen LogP contribution is -1.95. The summed E-state index contributed by atoms with van der Waals surface area (Å²) in [6, 6.07) is 9.37. The maximum absolute atomic E-state index is 5.81. The molecule has 16 heavy (non-hydrogen) atoms. The maximum Gasteiger partial charge on any atom is 0.242 e. The van der Waals surface area contributed by atoms with Crippen LogP contribution in [-0.4, -0.2) is 4.98 Å². The maximum atomic E-state index is 5.81. The molecule has 0 saturated heterocycles. The van der Waals surface area contributed by atoms with E-state index in [0.29, 0.717) is 17.3 Å². The fraction of sp³-hybridized carbons (Fsp3) is 0.0833. The summed E-state index contributed by atoms with van der Waals surface area (Å²) in [5.41, 5.74) is 7.36. The van der Waals surface area contributed by atoms with Gasteiger partial charge >= 0.3 is 0 Å². The molecule has 0 aliphatic rings. The lowest BCUT2D eigenvalue weighted by molar-refractivity contribution is 0.465. The number of benzene rings is 1. The van der Waals surface area contributed by atoms with Crippen molar-refractivity contribution in [3.05, 3.63) is 46.6 Å². The number of halogens is 1. The van der Waals surface area contributed by atoms with Crippen molar-refractivity contribution in [2.45, 2.75) is 6.92 Å². The van der Waals surface area contributed by atoms with Gasteiger partial charge < -0.3 is 10.5 Å². The average molecular weight is 279 g/mol. The zero-order chi connectivity index (χ0) is 11.5. The van der Waals surface area contributed by atoms with Crippen LogP contribution in [0, 0.1) is 6.92 Å². The number of nitrogen functional groups attached to an aromatic ring is 1. The molecule has 0 amide bonds. The van der Waals surface area contributed by atoms with Crippen LogP contribution in [-0.2, 0) is 0 Å². The zero-order valence-corrected chi connectivity index (χ0v) is 10.4. The van der Waals surface area contributed by atoms with Crippen LogP contribution in [0.1, 0.15) is 5.56 Å². The van der Waals surface area contributed by atoms with Gasteiger partial charge in [-0.25, -0.2) is 4.98 Å². The molecule has 0 radical (unpaired) electrons. The van der Waals surface area contributed by atoms with Gasteiger partial charge in [0.25, 0.3) is 0 Å². The van der Waals surface area contributed by atoms with E-state index in [-0.39, 0.29) is 0 Å². The van der Waals surface area contributed by atoms with Gasteiger partial charge in [0.05, 0.1) is 5.69 Å². The molecule has 2 rings (SSSR count). The second-order valence-corrected chi connectivity index (χ2v) is 4.38. The van der Waals surface area contributed by atoms with Crippen molar-refractivity contribution in [2.24, 2.45) is 0 Å². The summed E-state index contributed by atoms with van der Waals surface area (Å²) >= 11 is 3.37. The van der Waals surface area contributed by atoms with Crippen molar-refractivity contribution >= 4 is 21.6 Å². The predicted octanol–water partition coefficient (Wildman–Crippen LogP) is 3.53. The Morgan fingerprint density at radius 3 is 2.81 bits per heavy atom. The van der Waals surface area contributed by atoms with Crippen molar-refractivity contribution in [1.82, 2.24) is 4.98 Å². The van der Waals surface area contributed by atoms with Crippen LogP contribution in [0.15, 0.2) is 41.0 Å². The molecule has 1 aromatic carbocycles. The number of hydrogen-bond donors (Lipinski definition) is 1. The normalized spacial score (nSPS) is 10.1. The molecule has 0 aliphatic heterocycles. The fourth-order valence-corrected chi connectivity index (χ4v) is 1.68. The third-order valence-electron chi connectivity index (χ3n) is 2.03. The van der Waals surface area contributed by atoms with E-state index in [1.165, 1.54) is 0 Å². The number of rotatable bonds is 2. The molecule has 0 spiro atoms. The first-order chi connectivity index (χ1) is 7.65. The van der Waals surface area contributed by atoms with Crippen molar-refractivity contribution in [3.8, 4) is 11.6 Å². The van der Waals surface area contributed by atoms with E-state index >= 15 is 0 Å². The minimum atomic E-state index is 0.434. The molecule has 1 aromatic heterocycles. The van der Waals surface area contributed by atoms with E-state index in [1.54, 1.807) is 6.20 Å². The lowest BCUT2D eigenvalue weighted by atomic mass is 10.3. The Balaban J connectivity index is 2.27. The van der Waals surface area contributed by atoms with Gasteiger partial charge in [-0.15, -0.1) is 0 Å².